The van der Waals surface area contributed by atoms with E-state index in [0.717, 1.165) is 47.0 Å². The molecule has 3 aromatic carbocycles. The highest BCUT2D eigenvalue weighted by molar-refractivity contribution is 6.32. The van der Waals surface area contributed by atoms with E-state index in [9.17, 15) is 10.2 Å². The first kappa shape index (κ1) is 24.5. The van der Waals surface area contributed by atoms with E-state index in [2.05, 4.69) is 11.8 Å². The van der Waals surface area contributed by atoms with Crippen LogP contribution in [0.15, 0.2) is 60.7 Å². The number of ether oxygens (including phenoxy) is 2. The Kier molecular flexibility index (Phi) is 7.13. The first-order valence-corrected chi connectivity index (χ1v) is 13.0. The molecule has 0 saturated carbocycles. The predicted molar refractivity (Wildman–Crippen MR) is 144 cm³/mol. The zero-order chi connectivity index (χ0) is 25.2. The van der Waals surface area contributed by atoms with Crippen LogP contribution in [0, 0.1) is 5.92 Å². The zero-order valence-electron chi connectivity index (χ0n) is 20.7. The number of allylic oxidation sites excluding steroid dienone is 1. The molecule has 0 aromatic heterocycles. The molecule has 36 heavy (non-hydrogen) atoms. The third kappa shape index (κ3) is 5.04. The van der Waals surface area contributed by atoms with Crippen molar-refractivity contribution in [2.24, 2.45) is 5.92 Å². The Morgan fingerprint density at radius 1 is 1.00 bits per heavy atom. The van der Waals surface area contributed by atoms with Gasteiger partial charge in [0.15, 0.2) is 0 Å². The van der Waals surface area contributed by atoms with E-state index < -0.39 is 6.10 Å². The largest absolute Gasteiger partial charge is 0.508 e. The average Bonchev–Trinajstić information content (AvgIpc) is 3.34. The smallest absolute Gasteiger partial charge is 0.150 e. The molecule has 2 heterocycles. The highest BCUT2D eigenvalue weighted by Crippen LogP contribution is 2.49. The average molecular weight is 506 g/mol. The molecule has 2 atom stereocenters. The van der Waals surface area contributed by atoms with Crippen molar-refractivity contribution in [3.63, 3.8) is 0 Å². The number of likely N-dealkylation sites (tertiary alicyclic amines) is 1. The maximum Gasteiger partial charge on any atom is 0.150 e. The van der Waals surface area contributed by atoms with Gasteiger partial charge in [-0.2, -0.15) is 0 Å². The summed E-state index contributed by atoms with van der Waals surface area (Å²) in [5, 5.41) is 20.8. The van der Waals surface area contributed by atoms with E-state index in [1.807, 2.05) is 31.2 Å². The summed E-state index contributed by atoms with van der Waals surface area (Å²) in [5.41, 5.74) is 4.22. The lowest BCUT2D eigenvalue weighted by Gasteiger charge is -2.31. The quantitative estimate of drug-likeness (QED) is 0.364. The molecule has 5 nitrogen and oxygen atoms in total. The first-order valence-electron chi connectivity index (χ1n) is 12.6. The van der Waals surface area contributed by atoms with Crippen LogP contribution in [0.4, 0.5) is 0 Å². The molecule has 0 amide bonds. The molecule has 1 fully saturated rings. The molecule has 1 unspecified atom stereocenters. The van der Waals surface area contributed by atoms with Crippen LogP contribution < -0.4 is 9.47 Å². The molecule has 3 aromatic rings. The van der Waals surface area contributed by atoms with Crippen LogP contribution in [0.3, 0.4) is 0 Å². The Labute approximate surface area is 217 Å². The van der Waals surface area contributed by atoms with Crippen LogP contribution in [0.25, 0.3) is 11.1 Å². The Bertz CT molecular complexity index is 1270. The number of phenols is 2. The van der Waals surface area contributed by atoms with Crippen molar-refractivity contribution in [3.05, 3.63) is 82.4 Å². The van der Waals surface area contributed by atoms with Crippen LogP contribution in [-0.2, 0) is 0 Å². The summed E-state index contributed by atoms with van der Waals surface area (Å²) in [7, 11) is 0. The molecule has 1 saturated heterocycles. The fourth-order valence-corrected chi connectivity index (χ4v) is 5.44. The number of benzene rings is 3. The van der Waals surface area contributed by atoms with Crippen LogP contribution in [-0.4, -0.2) is 41.4 Å². The van der Waals surface area contributed by atoms with Crippen molar-refractivity contribution in [3.8, 4) is 23.0 Å². The van der Waals surface area contributed by atoms with Crippen LogP contribution in [0.1, 0.15) is 49.5 Å². The van der Waals surface area contributed by atoms with Gasteiger partial charge in [0, 0.05) is 34.8 Å². The lowest BCUT2D eigenvalue weighted by Crippen LogP contribution is -2.26. The maximum atomic E-state index is 10.2. The lowest BCUT2D eigenvalue weighted by atomic mass is 9.86. The number of rotatable bonds is 7. The van der Waals surface area contributed by atoms with Gasteiger partial charge in [0.05, 0.1) is 0 Å². The van der Waals surface area contributed by atoms with E-state index in [0.29, 0.717) is 22.9 Å². The van der Waals surface area contributed by atoms with Crippen molar-refractivity contribution in [2.75, 3.05) is 26.2 Å². The summed E-state index contributed by atoms with van der Waals surface area (Å²) in [6, 6.07) is 18.0. The number of fused-ring (bicyclic) bond motifs is 1. The van der Waals surface area contributed by atoms with Gasteiger partial charge in [-0.15, -0.1) is 0 Å². The topological polar surface area (TPSA) is 62.2 Å². The first-order chi connectivity index (χ1) is 17.4. The minimum absolute atomic E-state index is 0.127. The Morgan fingerprint density at radius 3 is 2.44 bits per heavy atom. The van der Waals surface area contributed by atoms with Gasteiger partial charge >= 0.3 is 0 Å². The van der Waals surface area contributed by atoms with E-state index in [-0.39, 0.29) is 11.5 Å². The molecule has 2 aliphatic heterocycles. The fourth-order valence-electron chi connectivity index (χ4n) is 5.22. The second-order valence-electron chi connectivity index (χ2n) is 9.66. The van der Waals surface area contributed by atoms with Gasteiger partial charge in [0.2, 0.25) is 0 Å². The molecular weight excluding hydrogens is 474 g/mol. The van der Waals surface area contributed by atoms with Crippen molar-refractivity contribution in [1.29, 1.82) is 0 Å². The number of hydrogen-bond donors (Lipinski definition) is 2. The second-order valence-corrected chi connectivity index (χ2v) is 10.1. The molecule has 2 N–H and O–H groups in total. The van der Waals surface area contributed by atoms with Gasteiger partial charge < -0.3 is 19.7 Å². The number of phenolic OH excluding ortho intramolecular Hbond substituents is 2. The standard InChI is InChI=1S/C30H32ClNO4/c1-3-20-12-13-32(18-20)14-15-35-24-8-4-21(5-9-24)30-29(26-17-22(33)6-10-27(26)31)19(2)25-16-23(34)7-11-28(25)36-30/h4-11,16-17,20,30,33-34H,3,12-15,18H2,1-2H3/t20-,30?/m1/s1. The predicted octanol–water partition coefficient (Wildman–Crippen LogP) is 6.93. The van der Waals surface area contributed by atoms with Crippen LogP contribution in [0.2, 0.25) is 5.02 Å². The minimum atomic E-state index is -0.439. The molecular formula is C30H32ClNO4. The van der Waals surface area contributed by atoms with Crippen molar-refractivity contribution >= 4 is 22.7 Å². The zero-order valence-corrected chi connectivity index (χ0v) is 21.5. The third-order valence-corrected chi connectivity index (χ3v) is 7.65. The monoisotopic (exact) mass is 505 g/mol. The van der Waals surface area contributed by atoms with Crippen LogP contribution in [0.5, 0.6) is 23.0 Å². The van der Waals surface area contributed by atoms with E-state index in [1.165, 1.54) is 19.4 Å². The van der Waals surface area contributed by atoms with Gasteiger partial charge in [-0.05, 0) is 85.5 Å². The van der Waals surface area contributed by atoms with Gasteiger partial charge in [-0.25, -0.2) is 0 Å². The molecule has 2 aliphatic rings. The number of hydrogen-bond acceptors (Lipinski definition) is 5. The third-order valence-electron chi connectivity index (χ3n) is 7.32. The molecule has 188 valence electrons. The lowest BCUT2D eigenvalue weighted by molar-refractivity contribution is 0.232. The number of nitrogens with zero attached hydrogens (tertiary/aromatic N) is 1. The van der Waals surface area contributed by atoms with Crippen molar-refractivity contribution < 1.29 is 19.7 Å². The number of aromatic hydroxyl groups is 2. The molecule has 5 rings (SSSR count). The maximum absolute atomic E-state index is 10.2. The summed E-state index contributed by atoms with van der Waals surface area (Å²) in [5.74, 6) is 2.62. The van der Waals surface area contributed by atoms with Crippen molar-refractivity contribution in [2.45, 2.75) is 32.8 Å². The highest BCUT2D eigenvalue weighted by atomic mass is 35.5. The van der Waals surface area contributed by atoms with Crippen molar-refractivity contribution in [1.82, 2.24) is 4.90 Å². The SMILES string of the molecule is CC[C@@H]1CCN(CCOc2ccc(C3Oc4ccc(O)cc4C(C)=C3c3cc(O)ccc3Cl)cc2)C1. The minimum Gasteiger partial charge on any atom is -0.508 e. The second kappa shape index (κ2) is 10.5. The fraction of sp³-hybridized carbons (Fsp3) is 0.333. The number of halogens is 1. The van der Waals surface area contributed by atoms with E-state index in [1.54, 1.807) is 36.4 Å². The molecule has 0 bridgehead atoms. The van der Waals surface area contributed by atoms with Gasteiger partial charge in [0.25, 0.3) is 0 Å². The van der Waals surface area contributed by atoms with Gasteiger partial charge in [0.1, 0.15) is 35.7 Å². The summed E-state index contributed by atoms with van der Waals surface area (Å²) < 4.78 is 12.5. The normalized spacial score (nSPS) is 19.8. The molecule has 6 heteroatoms. The molecule has 0 spiro atoms. The molecule has 0 aliphatic carbocycles. The van der Waals surface area contributed by atoms with Crippen LogP contribution >= 0.6 is 11.6 Å². The van der Waals surface area contributed by atoms with E-state index >= 15 is 0 Å². The molecule has 0 radical (unpaired) electrons. The summed E-state index contributed by atoms with van der Waals surface area (Å²) >= 11 is 6.59. The van der Waals surface area contributed by atoms with Gasteiger partial charge in [-0.3, -0.25) is 4.90 Å². The van der Waals surface area contributed by atoms with Gasteiger partial charge in [-0.1, -0.05) is 37.1 Å². The van der Waals surface area contributed by atoms with E-state index in [4.69, 9.17) is 21.1 Å². The summed E-state index contributed by atoms with van der Waals surface area (Å²) in [4.78, 5) is 2.48. The Balaban J connectivity index is 1.40. The summed E-state index contributed by atoms with van der Waals surface area (Å²) in [6.07, 6.45) is 2.09. The summed E-state index contributed by atoms with van der Waals surface area (Å²) in [6.45, 7) is 8.18. The highest BCUT2D eigenvalue weighted by Gasteiger charge is 2.31. The Morgan fingerprint density at radius 2 is 1.72 bits per heavy atom. The Hall–Kier alpha value is -3.15.